The highest BCUT2D eigenvalue weighted by Gasteiger charge is 2.32. The van der Waals surface area contributed by atoms with Crippen LogP contribution >= 0.6 is 11.3 Å². The molecule has 2 rings (SSSR count). The van der Waals surface area contributed by atoms with Gasteiger partial charge in [0.05, 0.1) is 4.88 Å². The molecule has 1 fully saturated rings. The number of carboxylic acid groups (broad SMARTS) is 1. The Balaban J connectivity index is 1.93. The number of hydrogen-bond donors (Lipinski definition) is 2. The molecule has 6 nitrogen and oxygen atoms in total. The average Bonchev–Trinajstić information content (AvgIpc) is 2.90. The van der Waals surface area contributed by atoms with Crippen molar-refractivity contribution in [2.75, 3.05) is 0 Å². The van der Waals surface area contributed by atoms with Crippen LogP contribution in [0.4, 0.5) is 0 Å². The Morgan fingerprint density at radius 2 is 1.86 bits per heavy atom. The quantitative estimate of drug-likeness (QED) is 0.788. The van der Waals surface area contributed by atoms with Crippen molar-refractivity contribution in [2.24, 2.45) is 11.8 Å². The van der Waals surface area contributed by atoms with Gasteiger partial charge in [-0.3, -0.25) is 20.4 Å². The van der Waals surface area contributed by atoms with Crippen molar-refractivity contribution >= 4 is 29.1 Å². The van der Waals surface area contributed by atoms with Gasteiger partial charge in [0.2, 0.25) is 5.91 Å². The number of amides is 2. The normalized spacial score (nSPS) is 21.6. The Bertz CT molecular complexity index is 555. The summed E-state index contributed by atoms with van der Waals surface area (Å²) in [5, 5.41) is 12.9. The second kappa shape index (κ2) is 6.71. The van der Waals surface area contributed by atoms with Crippen LogP contribution in [0.5, 0.6) is 0 Å². The Morgan fingerprint density at radius 3 is 2.43 bits per heavy atom. The minimum absolute atomic E-state index is 0.392. The van der Waals surface area contributed by atoms with Gasteiger partial charge in [0.1, 0.15) is 0 Å². The molecule has 1 saturated carbocycles. The SMILES string of the molecule is Cc1ccsc1C(=O)NNC(=O)[C@@H]1CCCC[C@H]1C(=O)[O-]. The van der Waals surface area contributed by atoms with Gasteiger partial charge in [0, 0.05) is 17.8 Å². The maximum atomic E-state index is 12.1. The summed E-state index contributed by atoms with van der Waals surface area (Å²) in [6.07, 6.45) is 2.53. The zero-order valence-electron chi connectivity index (χ0n) is 11.7. The third kappa shape index (κ3) is 3.60. The summed E-state index contributed by atoms with van der Waals surface area (Å²) in [6.45, 7) is 1.81. The van der Waals surface area contributed by atoms with Crippen LogP contribution in [0.2, 0.25) is 0 Å². The molecule has 2 N–H and O–H groups in total. The predicted molar refractivity (Wildman–Crippen MR) is 75.1 cm³/mol. The summed E-state index contributed by atoms with van der Waals surface area (Å²) >= 11 is 1.28. The Kier molecular flexibility index (Phi) is 4.95. The second-order valence-corrected chi connectivity index (χ2v) is 6.11. The van der Waals surface area contributed by atoms with Gasteiger partial charge in [0.15, 0.2) is 0 Å². The topological polar surface area (TPSA) is 98.3 Å². The molecule has 7 heteroatoms. The zero-order valence-corrected chi connectivity index (χ0v) is 12.5. The number of thiophene rings is 1. The van der Waals surface area contributed by atoms with Crippen molar-refractivity contribution in [3.8, 4) is 0 Å². The first-order valence-corrected chi connectivity index (χ1v) is 7.74. The maximum absolute atomic E-state index is 12.1. The first-order valence-electron chi connectivity index (χ1n) is 6.86. The molecule has 1 heterocycles. The summed E-state index contributed by atoms with van der Waals surface area (Å²) in [5.74, 6) is -3.48. The summed E-state index contributed by atoms with van der Waals surface area (Å²) in [4.78, 5) is 35.5. The van der Waals surface area contributed by atoms with Gasteiger partial charge >= 0.3 is 0 Å². The number of aliphatic carboxylic acids is 1. The number of aryl methyl sites for hydroxylation is 1. The first kappa shape index (κ1) is 15.5. The predicted octanol–water partition coefficient (Wildman–Crippen LogP) is 0.374. The van der Waals surface area contributed by atoms with Gasteiger partial charge in [-0.25, -0.2) is 0 Å². The van der Waals surface area contributed by atoms with E-state index in [0.717, 1.165) is 18.4 Å². The lowest BCUT2D eigenvalue weighted by Gasteiger charge is -2.31. The van der Waals surface area contributed by atoms with Crippen LogP contribution in [-0.4, -0.2) is 17.8 Å². The van der Waals surface area contributed by atoms with E-state index in [2.05, 4.69) is 10.9 Å². The highest BCUT2D eigenvalue weighted by molar-refractivity contribution is 7.12. The van der Waals surface area contributed by atoms with E-state index in [-0.39, 0.29) is 0 Å². The number of hydrazine groups is 1. The van der Waals surface area contributed by atoms with Crippen LogP contribution in [-0.2, 0) is 9.59 Å². The molecule has 114 valence electrons. The van der Waals surface area contributed by atoms with E-state index < -0.39 is 29.6 Å². The van der Waals surface area contributed by atoms with Crippen LogP contribution in [0.1, 0.15) is 40.9 Å². The fraction of sp³-hybridized carbons (Fsp3) is 0.500. The Morgan fingerprint density at radius 1 is 1.19 bits per heavy atom. The van der Waals surface area contributed by atoms with E-state index in [4.69, 9.17) is 0 Å². The summed E-state index contributed by atoms with van der Waals surface area (Å²) in [7, 11) is 0. The van der Waals surface area contributed by atoms with Gasteiger partial charge in [0.25, 0.3) is 5.91 Å². The Labute approximate surface area is 126 Å². The van der Waals surface area contributed by atoms with Crippen LogP contribution in [0.25, 0.3) is 0 Å². The molecule has 2 amide bonds. The molecule has 0 unspecified atom stereocenters. The van der Waals surface area contributed by atoms with Crippen molar-refractivity contribution in [3.63, 3.8) is 0 Å². The van der Waals surface area contributed by atoms with E-state index in [9.17, 15) is 19.5 Å². The van der Waals surface area contributed by atoms with Crippen LogP contribution in [0.3, 0.4) is 0 Å². The number of carbonyl (C=O) groups excluding carboxylic acids is 3. The lowest BCUT2D eigenvalue weighted by molar-refractivity contribution is -0.314. The second-order valence-electron chi connectivity index (χ2n) is 5.19. The number of nitrogens with one attached hydrogen (secondary N) is 2. The smallest absolute Gasteiger partial charge is 0.280 e. The molecular formula is C14H17N2O4S-. The molecule has 0 bridgehead atoms. The van der Waals surface area contributed by atoms with E-state index in [0.29, 0.717) is 17.7 Å². The van der Waals surface area contributed by atoms with E-state index in [1.54, 1.807) is 12.3 Å². The van der Waals surface area contributed by atoms with Crippen molar-refractivity contribution in [1.82, 2.24) is 10.9 Å². The Hall–Kier alpha value is -1.89. The molecule has 0 aromatic carbocycles. The van der Waals surface area contributed by atoms with Crippen LogP contribution < -0.4 is 16.0 Å². The van der Waals surface area contributed by atoms with Crippen LogP contribution in [0.15, 0.2) is 11.4 Å². The van der Waals surface area contributed by atoms with E-state index in [1.807, 2.05) is 6.07 Å². The van der Waals surface area contributed by atoms with Gasteiger partial charge in [-0.1, -0.05) is 12.8 Å². The lowest BCUT2D eigenvalue weighted by Crippen LogP contribution is -2.49. The largest absolute Gasteiger partial charge is 0.550 e. The third-order valence-electron chi connectivity index (χ3n) is 3.77. The lowest BCUT2D eigenvalue weighted by atomic mass is 9.79. The summed E-state index contributed by atoms with van der Waals surface area (Å²) in [6, 6.07) is 1.81. The summed E-state index contributed by atoms with van der Waals surface area (Å²) in [5.41, 5.74) is 5.50. The molecule has 1 aromatic rings. The highest BCUT2D eigenvalue weighted by Crippen LogP contribution is 2.29. The number of hydrogen-bond acceptors (Lipinski definition) is 5. The summed E-state index contributed by atoms with van der Waals surface area (Å²) < 4.78 is 0. The minimum atomic E-state index is -1.20. The van der Waals surface area contributed by atoms with Crippen molar-refractivity contribution in [1.29, 1.82) is 0 Å². The molecule has 0 radical (unpaired) electrons. The first-order chi connectivity index (χ1) is 10.0. The third-order valence-corrected chi connectivity index (χ3v) is 4.79. The average molecular weight is 309 g/mol. The maximum Gasteiger partial charge on any atom is 0.280 e. The van der Waals surface area contributed by atoms with Crippen molar-refractivity contribution < 1.29 is 19.5 Å². The number of carbonyl (C=O) groups is 3. The molecule has 1 aliphatic rings. The molecule has 21 heavy (non-hydrogen) atoms. The van der Waals surface area contributed by atoms with E-state index >= 15 is 0 Å². The standard InChI is InChI=1S/C14H18N2O4S/c1-8-6-7-21-11(8)13(18)16-15-12(17)9-4-2-3-5-10(9)14(19)20/h6-7,9-10H,2-5H2,1H3,(H,15,17)(H,16,18)(H,19,20)/p-1/t9-,10-/m1/s1. The van der Waals surface area contributed by atoms with Gasteiger partial charge < -0.3 is 9.90 Å². The van der Waals surface area contributed by atoms with Gasteiger partial charge in [-0.15, -0.1) is 11.3 Å². The molecular weight excluding hydrogens is 292 g/mol. The highest BCUT2D eigenvalue weighted by atomic mass is 32.1. The number of rotatable bonds is 3. The molecule has 0 saturated heterocycles. The monoisotopic (exact) mass is 309 g/mol. The van der Waals surface area contributed by atoms with Gasteiger partial charge in [-0.2, -0.15) is 0 Å². The molecule has 0 aliphatic heterocycles. The van der Waals surface area contributed by atoms with Gasteiger partial charge in [-0.05, 0) is 36.8 Å². The van der Waals surface area contributed by atoms with Crippen molar-refractivity contribution in [2.45, 2.75) is 32.6 Å². The molecule has 1 aliphatic carbocycles. The zero-order chi connectivity index (χ0) is 15.4. The number of carboxylic acids is 1. The molecule has 0 spiro atoms. The molecule has 1 aromatic heterocycles. The fourth-order valence-corrected chi connectivity index (χ4v) is 3.42. The molecule has 2 atom stereocenters. The van der Waals surface area contributed by atoms with E-state index in [1.165, 1.54) is 11.3 Å². The fourth-order valence-electron chi connectivity index (χ4n) is 2.60. The van der Waals surface area contributed by atoms with Crippen LogP contribution in [0, 0.1) is 18.8 Å². The van der Waals surface area contributed by atoms with Crippen molar-refractivity contribution in [3.05, 3.63) is 21.9 Å². The minimum Gasteiger partial charge on any atom is -0.550 e.